The van der Waals surface area contributed by atoms with Gasteiger partial charge in [0.25, 0.3) is 0 Å². The van der Waals surface area contributed by atoms with E-state index in [9.17, 15) is 9.59 Å². The molecule has 13 heavy (non-hydrogen) atoms. The number of aliphatic carboxylic acids is 2. The van der Waals surface area contributed by atoms with Crippen molar-refractivity contribution >= 4 is 24.6 Å². The Labute approximate surface area is 82.4 Å². The van der Waals surface area contributed by atoms with Gasteiger partial charge in [0.1, 0.15) is 0 Å². The average molecular weight is 206 g/mol. The van der Waals surface area contributed by atoms with Gasteiger partial charge in [0, 0.05) is 4.75 Å². The van der Waals surface area contributed by atoms with E-state index in [2.05, 4.69) is 12.6 Å². The van der Waals surface area contributed by atoms with E-state index in [0.29, 0.717) is 6.42 Å². The van der Waals surface area contributed by atoms with Gasteiger partial charge in [-0.1, -0.05) is 13.8 Å². The average Bonchev–Trinajstić information content (AvgIpc) is 1.82. The molecule has 76 valence electrons. The Morgan fingerprint density at radius 3 is 1.92 bits per heavy atom. The molecule has 0 saturated carbocycles. The van der Waals surface area contributed by atoms with Crippen LogP contribution in [0.2, 0.25) is 0 Å². The summed E-state index contributed by atoms with van der Waals surface area (Å²) >= 11 is 4.18. The lowest BCUT2D eigenvalue weighted by Crippen LogP contribution is -2.25. The Bertz CT molecular complexity index is 193. The molecular formula is C8H14O4S. The number of carboxylic acids is 2. The molecule has 0 rings (SSSR count). The van der Waals surface area contributed by atoms with Crippen molar-refractivity contribution in [2.24, 2.45) is 5.92 Å². The number of thiol groups is 1. The first kappa shape index (κ1) is 12.3. The van der Waals surface area contributed by atoms with Gasteiger partial charge in [-0.25, -0.2) is 0 Å². The van der Waals surface area contributed by atoms with Crippen molar-refractivity contribution in [2.75, 3.05) is 0 Å². The van der Waals surface area contributed by atoms with Crippen LogP contribution in [0.3, 0.4) is 0 Å². The fourth-order valence-corrected chi connectivity index (χ4v) is 0.979. The highest BCUT2D eigenvalue weighted by Gasteiger charge is 2.27. The number of carbonyl (C=O) groups is 2. The molecule has 0 radical (unpaired) electrons. The van der Waals surface area contributed by atoms with Crippen molar-refractivity contribution in [3.63, 3.8) is 0 Å². The third-order valence-electron chi connectivity index (χ3n) is 1.64. The Hall–Kier alpha value is -0.710. The van der Waals surface area contributed by atoms with Gasteiger partial charge in [-0.3, -0.25) is 9.59 Å². The quantitative estimate of drug-likeness (QED) is 0.467. The van der Waals surface area contributed by atoms with Crippen molar-refractivity contribution < 1.29 is 19.8 Å². The van der Waals surface area contributed by atoms with Crippen LogP contribution in [0.4, 0.5) is 0 Å². The standard InChI is InChI=1S/C8H14O4S/c1-8(2,13)4-3-5(6(9)10)7(11)12/h5,13H,3-4H2,1-2H3,(H,9,10)(H,11,12). The normalized spacial score (nSPS) is 11.7. The summed E-state index contributed by atoms with van der Waals surface area (Å²) in [4.78, 5) is 20.9. The number of rotatable bonds is 5. The van der Waals surface area contributed by atoms with Gasteiger partial charge >= 0.3 is 11.9 Å². The van der Waals surface area contributed by atoms with E-state index >= 15 is 0 Å². The molecule has 0 aromatic heterocycles. The molecule has 0 unspecified atom stereocenters. The second kappa shape index (κ2) is 4.50. The minimum atomic E-state index is -1.31. The first-order valence-corrected chi connectivity index (χ1v) is 4.37. The molecule has 0 aromatic carbocycles. The maximum absolute atomic E-state index is 10.5. The summed E-state index contributed by atoms with van der Waals surface area (Å²) in [5.41, 5.74) is 0. The van der Waals surface area contributed by atoms with Crippen LogP contribution in [0.25, 0.3) is 0 Å². The molecule has 0 spiro atoms. The van der Waals surface area contributed by atoms with Crippen molar-refractivity contribution in [1.29, 1.82) is 0 Å². The molecule has 0 aliphatic heterocycles. The molecule has 2 N–H and O–H groups in total. The zero-order valence-corrected chi connectivity index (χ0v) is 8.54. The number of hydrogen-bond acceptors (Lipinski definition) is 3. The van der Waals surface area contributed by atoms with E-state index in [1.165, 1.54) is 0 Å². The van der Waals surface area contributed by atoms with Gasteiger partial charge in [-0.15, -0.1) is 0 Å². The van der Waals surface area contributed by atoms with Gasteiger partial charge in [0.15, 0.2) is 5.92 Å². The Morgan fingerprint density at radius 2 is 1.69 bits per heavy atom. The molecule has 0 bridgehead atoms. The zero-order valence-electron chi connectivity index (χ0n) is 7.65. The predicted octanol–water partition coefficient (Wildman–Crippen LogP) is 1.26. The highest BCUT2D eigenvalue weighted by molar-refractivity contribution is 7.81. The van der Waals surface area contributed by atoms with E-state index in [4.69, 9.17) is 10.2 Å². The molecule has 4 nitrogen and oxygen atoms in total. The highest BCUT2D eigenvalue weighted by atomic mass is 32.1. The number of carboxylic acid groups (broad SMARTS) is 2. The van der Waals surface area contributed by atoms with E-state index in [1.807, 2.05) is 13.8 Å². The molecule has 0 saturated heterocycles. The zero-order chi connectivity index (χ0) is 10.6. The summed E-state index contributed by atoms with van der Waals surface area (Å²) in [7, 11) is 0. The maximum Gasteiger partial charge on any atom is 0.317 e. The predicted molar refractivity (Wildman–Crippen MR) is 51.1 cm³/mol. The van der Waals surface area contributed by atoms with Gasteiger partial charge in [-0.2, -0.15) is 12.6 Å². The lowest BCUT2D eigenvalue weighted by molar-refractivity contribution is -0.154. The fourth-order valence-electron chi connectivity index (χ4n) is 0.850. The van der Waals surface area contributed by atoms with Crippen LogP contribution in [0.5, 0.6) is 0 Å². The Balaban J connectivity index is 4.14. The van der Waals surface area contributed by atoms with Crippen molar-refractivity contribution in [3.05, 3.63) is 0 Å². The lowest BCUT2D eigenvalue weighted by atomic mass is 9.97. The van der Waals surface area contributed by atoms with Crippen LogP contribution < -0.4 is 0 Å². The molecule has 0 aliphatic rings. The second-order valence-electron chi connectivity index (χ2n) is 3.58. The molecule has 0 amide bonds. The minimum Gasteiger partial charge on any atom is -0.481 e. The molecule has 0 aliphatic carbocycles. The van der Waals surface area contributed by atoms with Gasteiger partial charge in [0.2, 0.25) is 0 Å². The molecular weight excluding hydrogens is 192 g/mol. The third kappa shape index (κ3) is 5.52. The summed E-state index contributed by atoms with van der Waals surface area (Å²) in [6.07, 6.45) is 0.570. The number of hydrogen-bond donors (Lipinski definition) is 3. The monoisotopic (exact) mass is 206 g/mol. The van der Waals surface area contributed by atoms with Crippen molar-refractivity contribution in [2.45, 2.75) is 31.4 Å². The van der Waals surface area contributed by atoms with Crippen LogP contribution in [0.15, 0.2) is 0 Å². The smallest absolute Gasteiger partial charge is 0.317 e. The summed E-state index contributed by atoms with van der Waals surface area (Å²) in [6.45, 7) is 3.63. The summed E-state index contributed by atoms with van der Waals surface area (Å²) in [5, 5.41) is 17.1. The van der Waals surface area contributed by atoms with E-state index in [1.54, 1.807) is 0 Å². The SMILES string of the molecule is CC(C)(S)CCC(C(=O)O)C(=O)O. The molecule has 0 atom stereocenters. The first-order valence-electron chi connectivity index (χ1n) is 3.92. The van der Waals surface area contributed by atoms with Crippen LogP contribution in [0.1, 0.15) is 26.7 Å². The van der Waals surface area contributed by atoms with Gasteiger partial charge in [0.05, 0.1) is 0 Å². The van der Waals surface area contributed by atoms with Crippen LogP contribution in [0, 0.1) is 5.92 Å². The largest absolute Gasteiger partial charge is 0.481 e. The molecule has 0 aromatic rings. The summed E-state index contributed by atoms with van der Waals surface area (Å²) in [6, 6.07) is 0. The van der Waals surface area contributed by atoms with E-state index in [-0.39, 0.29) is 11.2 Å². The van der Waals surface area contributed by atoms with Crippen LogP contribution in [-0.2, 0) is 9.59 Å². The Kier molecular flexibility index (Phi) is 4.26. The maximum atomic E-state index is 10.5. The molecule has 5 heteroatoms. The third-order valence-corrected chi connectivity index (χ3v) is 1.86. The van der Waals surface area contributed by atoms with E-state index < -0.39 is 17.9 Å². The summed E-state index contributed by atoms with van der Waals surface area (Å²) in [5.74, 6) is -3.89. The van der Waals surface area contributed by atoms with Crippen molar-refractivity contribution in [3.8, 4) is 0 Å². The van der Waals surface area contributed by atoms with Crippen molar-refractivity contribution in [1.82, 2.24) is 0 Å². The second-order valence-corrected chi connectivity index (χ2v) is 4.79. The lowest BCUT2D eigenvalue weighted by Gasteiger charge is -2.18. The van der Waals surface area contributed by atoms with Crippen LogP contribution >= 0.6 is 12.6 Å². The first-order chi connectivity index (χ1) is 5.74. The van der Waals surface area contributed by atoms with E-state index in [0.717, 1.165) is 0 Å². The fraction of sp³-hybridized carbons (Fsp3) is 0.750. The molecule has 0 fully saturated rings. The Morgan fingerprint density at radius 1 is 1.31 bits per heavy atom. The topological polar surface area (TPSA) is 74.6 Å². The van der Waals surface area contributed by atoms with Gasteiger partial charge < -0.3 is 10.2 Å². The summed E-state index contributed by atoms with van der Waals surface area (Å²) < 4.78 is -0.330. The highest BCUT2D eigenvalue weighted by Crippen LogP contribution is 2.22. The van der Waals surface area contributed by atoms with Gasteiger partial charge in [-0.05, 0) is 12.8 Å². The minimum absolute atomic E-state index is 0.112. The molecule has 0 heterocycles. The van der Waals surface area contributed by atoms with Crippen LogP contribution in [-0.4, -0.2) is 26.9 Å².